The molecule has 0 fully saturated rings. The molecule has 3 heteroatoms. The number of aliphatic hydroxyl groups excluding tert-OH is 1. The third-order valence-electron chi connectivity index (χ3n) is 2.66. The van der Waals surface area contributed by atoms with Crippen LogP contribution in [0.15, 0.2) is 36.5 Å². The van der Waals surface area contributed by atoms with Gasteiger partial charge in [0.05, 0.1) is 11.6 Å². The maximum absolute atomic E-state index is 10.2. The quantitative estimate of drug-likeness (QED) is 0.822. The third-order valence-corrected chi connectivity index (χ3v) is 3.91. The average molecular weight is 247 g/mol. The summed E-state index contributed by atoms with van der Waals surface area (Å²) in [5, 5.41) is 11.3. The zero-order valence-corrected chi connectivity index (χ0v) is 10.8. The molecule has 0 spiro atoms. The van der Waals surface area contributed by atoms with Crippen molar-refractivity contribution in [1.82, 2.24) is 4.98 Å². The Bertz CT molecular complexity index is 481. The summed E-state index contributed by atoms with van der Waals surface area (Å²) in [7, 11) is 0. The number of rotatable bonds is 5. The van der Waals surface area contributed by atoms with E-state index < -0.39 is 6.10 Å². The van der Waals surface area contributed by atoms with Gasteiger partial charge >= 0.3 is 0 Å². The fourth-order valence-corrected chi connectivity index (χ4v) is 2.70. The molecule has 17 heavy (non-hydrogen) atoms. The van der Waals surface area contributed by atoms with E-state index in [4.69, 9.17) is 0 Å². The summed E-state index contributed by atoms with van der Waals surface area (Å²) in [5.41, 5.74) is 1.93. The van der Waals surface area contributed by atoms with Crippen LogP contribution in [0.4, 0.5) is 0 Å². The maximum atomic E-state index is 10.2. The van der Waals surface area contributed by atoms with E-state index in [1.54, 1.807) is 18.0 Å². The molecule has 0 aliphatic rings. The van der Waals surface area contributed by atoms with Gasteiger partial charge in [-0.15, -0.1) is 0 Å². The molecule has 1 aromatic heterocycles. The highest BCUT2D eigenvalue weighted by molar-refractivity contribution is 7.99. The minimum Gasteiger partial charge on any atom is -0.388 e. The molecule has 0 saturated heterocycles. The van der Waals surface area contributed by atoms with Crippen molar-refractivity contribution in [2.24, 2.45) is 0 Å². The number of pyridine rings is 1. The Hall–Kier alpha value is -1.06. The van der Waals surface area contributed by atoms with Crippen LogP contribution in [0.5, 0.6) is 0 Å². The van der Waals surface area contributed by atoms with E-state index in [2.05, 4.69) is 11.9 Å². The molecular weight excluding hydrogens is 230 g/mol. The highest BCUT2D eigenvalue weighted by Crippen LogP contribution is 2.25. The number of hydrogen-bond donors (Lipinski definition) is 1. The summed E-state index contributed by atoms with van der Waals surface area (Å²) in [4.78, 5) is 4.30. The van der Waals surface area contributed by atoms with Crippen molar-refractivity contribution >= 4 is 22.7 Å². The molecule has 0 radical (unpaired) electrons. The van der Waals surface area contributed by atoms with Crippen molar-refractivity contribution in [3.8, 4) is 0 Å². The molecular formula is C14H17NOS. The van der Waals surface area contributed by atoms with Gasteiger partial charge in [-0.1, -0.05) is 25.1 Å². The Morgan fingerprint density at radius 3 is 3.00 bits per heavy atom. The molecule has 2 rings (SSSR count). The summed E-state index contributed by atoms with van der Waals surface area (Å²) < 4.78 is 0. The first-order chi connectivity index (χ1) is 8.33. The third kappa shape index (κ3) is 2.99. The number of nitrogens with zero attached hydrogens (tertiary/aromatic N) is 1. The van der Waals surface area contributed by atoms with Gasteiger partial charge in [-0.05, 0) is 29.9 Å². The Morgan fingerprint density at radius 2 is 2.18 bits per heavy atom. The molecule has 0 bridgehead atoms. The van der Waals surface area contributed by atoms with Gasteiger partial charge in [0.25, 0.3) is 0 Å². The number of benzene rings is 1. The highest BCUT2D eigenvalue weighted by atomic mass is 32.2. The van der Waals surface area contributed by atoms with Crippen LogP contribution in [0.25, 0.3) is 10.9 Å². The highest BCUT2D eigenvalue weighted by Gasteiger charge is 2.10. The molecule has 1 unspecified atom stereocenters. The van der Waals surface area contributed by atoms with E-state index in [0.29, 0.717) is 0 Å². The van der Waals surface area contributed by atoms with Crippen LogP contribution in [0.2, 0.25) is 0 Å². The van der Waals surface area contributed by atoms with Gasteiger partial charge in [-0.25, -0.2) is 0 Å². The van der Waals surface area contributed by atoms with E-state index in [1.807, 2.05) is 30.3 Å². The van der Waals surface area contributed by atoms with E-state index >= 15 is 0 Å². The largest absolute Gasteiger partial charge is 0.388 e. The van der Waals surface area contributed by atoms with Gasteiger partial charge in [0.2, 0.25) is 0 Å². The second-order valence-electron chi connectivity index (χ2n) is 4.01. The van der Waals surface area contributed by atoms with E-state index in [1.165, 1.54) is 0 Å². The van der Waals surface area contributed by atoms with Gasteiger partial charge < -0.3 is 5.11 Å². The average Bonchev–Trinajstić information content (AvgIpc) is 2.38. The minimum atomic E-state index is -0.403. The summed E-state index contributed by atoms with van der Waals surface area (Å²) in [6, 6.07) is 9.85. The normalized spacial score (nSPS) is 12.8. The van der Waals surface area contributed by atoms with Crippen molar-refractivity contribution in [3.63, 3.8) is 0 Å². The first kappa shape index (κ1) is 12.4. The van der Waals surface area contributed by atoms with Gasteiger partial charge in [-0.3, -0.25) is 4.98 Å². The fraction of sp³-hybridized carbons (Fsp3) is 0.357. The first-order valence-corrected chi connectivity index (χ1v) is 7.08. The second kappa shape index (κ2) is 6.03. The van der Waals surface area contributed by atoms with Gasteiger partial charge in [0.15, 0.2) is 0 Å². The lowest BCUT2D eigenvalue weighted by Gasteiger charge is -2.12. The fourth-order valence-electron chi connectivity index (χ4n) is 1.85. The Balaban J connectivity index is 2.22. The second-order valence-corrected chi connectivity index (χ2v) is 5.16. The van der Waals surface area contributed by atoms with Crippen LogP contribution < -0.4 is 0 Å². The lowest BCUT2D eigenvalue weighted by Crippen LogP contribution is -2.02. The van der Waals surface area contributed by atoms with Crippen molar-refractivity contribution < 1.29 is 5.11 Å². The van der Waals surface area contributed by atoms with Crippen molar-refractivity contribution in [2.45, 2.75) is 19.4 Å². The van der Waals surface area contributed by atoms with Gasteiger partial charge in [0, 0.05) is 17.3 Å². The van der Waals surface area contributed by atoms with Crippen molar-refractivity contribution in [2.75, 3.05) is 11.5 Å². The predicted molar refractivity (Wildman–Crippen MR) is 74.3 cm³/mol. The van der Waals surface area contributed by atoms with Crippen LogP contribution in [0.1, 0.15) is 25.0 Å². The van der Waals surface area contributed by atoms with Crippen LogP contribution >= 0.6 is 11.8 Å². The summed E-state index contributed by atoms with van der Waals surface area (Å²) in [6.45, 7) is 2.15. The molecule has 1 N–H and O–H groups in total. The summed E-state index contributed by atoms with van der Waals surface area (Å²) in [5.74, 6) is 1.85. The van der Waals surface area contributed by atoms with E-state index in [0.717, 1.165) is 34.4 Å². The molecule has 1 aromatic carbocycles. The van der Waals surface area contributed by atoms with Crippen molar-refractivity contribution in [1.29, 1.82) is 0 Å². The molecule has 2 nitrogen and oxygen atoms in total. The molecule has 2 aromatic rings. The lowest BCUT2D eigenvalue weighted by molar-refractivity contribution is 0.205. The topological polar surface area (TPSA) is 33.1 Å². The maximum Gasteiger partial charge on any atom is 0.0886 e. The number of thioether (sulfide) groups is 1. The predicted octanol–water partition coefficient (Wildman–Crippen LogP) is 3.41. The van der Waals surface area contributed by atoms with E-state index in [-0.39, 0.29) is 0 Å². The van der Waals surface area contributed by atoms with E-state index in [9.17, 15) is 5.11 Å². The number of aromatic nitrogens is 1. The smallest absolute Gasteiger partial charge is 0.0886 e. The van der Waals surface area contributed by atoms with Crippen molar-refractivity contribution in [3.05, 3.63) is 42.1 Å². The van der Waals surface area contributed by atoms with Crippen LogP contribution in [-0.2, 0) is 0 Å². The zero-order chi connectivity index (χ0) is 12.1. The molecule has 0 amide bonds. The number of fused-ring (bicyclic) bond motifs is 1. The lowest BCUT2D eigenvalue weighted by atomic mass is 10.0. The standard InChI is InChI=1S/C14H17NOS/c1-2-9-17-10-14(16)12-5-3-7-13-11(12)6-4-8-15-13/h3-8,14,16H,2,9-10H2,1H3. The molecule has 90 valence electrons. The summed E-state index contributed by atoms with van der Waals surface area (Å²) >= 11 is 1.79. The molecule has 1 atom stereocenters. The van der Waals surface area contributed by atoms with Crippen LogP contribution in [0, 0.1) is 0 Å². The molecule has 1 heterocycles. The summed E-state index contributed by atoms with van der Waals surface area (Å²) in [6.07, 6.45) is 2.53. The molecule has 0 aliphatic heterocycles. The monoisotopic (exact) mass is 247 g/mol. The Morgan fingerprint density at radius 1 is 1.29 bits per heavy atom. The molecule has 0 aliphatic carbocycles. The van der Waals surface area contributed by atoms with Crippen LogP contribution in [0.3, 0.4) is 0 Å². The molecule has 0 saturated carbocycles. The first-order valence-electron chi connectivity index (χ1n) is 5.92. The Labute approximate surface area is 106 Å². The SMILES string of the molecule is CCCSCC(O)c1cccc2ncccc12. The number of aliphatic hydroxyl groups is 1. The zero-order valence-electron chi connectivity index (χ0n) is 9.97. The van der Waals surface area contributed by atoms with Gasteiger partial charge in [0.1, 0.15) is 0 Å². The minimum absolute atomic E-state index is 0.403. The van der Waals surface area contributed by atoms with Crippen LogP contribution in [-0.4, -0.2) is 21.6 Å². The number of hydrogen-bond acceptors (Lipinski definition) is 3. The van der Waals surface area contributed by atoms with Gasteiger partial charge in [-0.2, -0.15) is 11.8 Å². The Kier molecular flexibility index (Phi) is 4.40.